The first kappa shape index (κ1) is 12.6. The lowest BCUT2D eigenvalue weighted by Crippen LogP contribution is -2.33. The van der Waals surface area contributed by atoms with Gasteiger partial charge in [-0.3, -0.25) is 10.1 Å². The molecule has 2 N–H and O–H groups in total. The summed E-state index contributed by atoms with van der Waals surface area (Å²) in [7, 11) is 1.70. The van der Waals surface area contributed by atoms with Gasteiger partial charge in [-0.2, -0.15) is 0 Å². The van der Waals surface area contributed by atoms with Gasteiger partial charge in [0.05, 0.1) is 17.1 Å². The van der Waals surface area contributed by atoms with Crippen LogP contribution in [0.1, 0.15) is 26.7 Å². The Morgan fingerprint density at radius 1 is 1.39 bits per heavy atom. The summed E-state index contributed by atoms with van der Waals surface area (Å²) < 4.78 is 0. The smallest absolute Gasteiger partial charge is 0.276 e. The second-order valence-corrected chi connectivity index (χ2v) is 5.22. The number of pyridine rings is 1. The fourth-order valence-electron chi connectivity index (χ4n) is 2.05. The number of anilines is 2. The largest absolute Gasteiger partial charge is 0.373 e. The van der Waals surface area contributed by atoms with E-state index in [1.807, 2.05) is 0 Å². The summed E-state index contributed by atoms with van der Waals surface area (Å²) in [5.41, 5.74) is -0.0313. The molecule has 0 bridgehead atoms. The summed E-state index contributed by atoms with van der Waals surface area (Å²) in [6, 6.07) is 2.90. The number of nitrogens with zero attached hydrogens (tertiary/aromatic N) is 2. The van der Waals surface area contributed by atoms with Crippen LogP contribution in [0.3, 0.4) is 0 Å². The Bertz CT molecular complexity index is 469. The van der Waals surface area contributed by atoms with E-state index in [0.717, 1.165) is 0 Å². The normalized spacial score (nSPS) is 15.3. The molecule has 6 nitrogen and oxygen atoms in total. The van der Waals surface area contributed by atoms with E-state index in [4.69, 9.17) is 0 Å². The molecular formula is C12H18N4O2. The molecule has 1 saturated carbocycles. The molecule has 2 rings (SSSR count). The van der Waals surface area contributed by atoms with Gasteiger partial charge in [-0.15, -0.1) is 0 Å². The van der Waals surface area contributed by atoms with Gasteiger partial charge >= 0.3 is 0 Å². The Kier molecular flexibility index (Phi) is 3.11. The zero-order chi connectivity index (χ0) is 13.3. The van der Waals surface area contributed by atoms with Crippen molar-refractivity contribution in [1.82, 2.24) is 4.98 Å². The molecule has 18 heavy (non-hydrogen) atoms. The highest BCUT2D eigenvalue weighted by atomic mass is 16.6. The van der Waals surface area contributed by atoms with Gasteiger partial charge in [-0.05, 0) is 32.6 Å². The molecule has 1 aliphatic carbocycles. The van der Waals surface area contributed by atoms with Crippen molar-refractivity contribution in [1.29, 1.82) is 0 Å². The molecule has 1 heterocycles. The topological polar surface area (TPSA) is 80.1 Å². The standard InChI is InChI=1S/C12H18N4O2/c1-12(2,8-4-5-8)15-11-7-9(16(17)18)6-10(13-3)14-11/h6-8H,4-5H2,1-3H3,(H2,13,14,15). The summed E-state index contributed by atoms with van der Waals surface area (Å²) in [4.78, 5) is 14.8. The molecule has 1 fully saturated rings. The van der Waals surface area contributed by atoms with Gasteiger partial charge < -0.3 is 10.6 Å². The number of rotatable bonds is 5. The van der Waals surface area contributed by atoms with Crippen LogP contribution in [0.4, 0.5) is 17.3 Å². The highest BCUT2D eigenvalue weighted by Gasteiger charge is 2.38. The van der Waals surface area contributed by atoms with E-state index in [-0.39, 0.29) is 11.2 Å². The lowest BCUT2D eigenvalue weighted by molar-refractivity contribution is -0.384. The van der Waals surface area contributed by atoms with Gasteiger partial charge in [-0.25, -0.2) is 4.98 Å². The first-order valence-corrected chi connectivity index (χ1v) is 6.05. The fourth-order valence-corrected chi connectivity index (χ4v) is 2.05. The van der Waals surface area contributed by atoms with E-state index in [9.17, 15) is 10.1 Å². The molecule has 1 aromatic heterocycles. The monoisotopic (exact) mass is 250 g/mol. The number of hydrogen-bond acceptors (Lipinski definition) is 5. The number of nitrogens with one attached hydrogen (secondary N) is 2. The number of nitro groups is 1. The molecule has 0 aromatic carbocycles. The Labute approximate surface area is 106 Å². The number of hydrogen-bond donors (Lipinski definition) is 2. The van der Waals surface area contributed by atoms with Gasteiger partial charge in [-0.1, -0.05) is 0 Å². The van der Waals surface area contributed by atoms with Crippen LogP contribution >= 0.6 is 0 Å². The third kappa shape index (κ3) is 2.69. The highest BCUT2D eigenvalue weighted by molar-refractivity contribution is 5.55. The molecule has 6 heteroatoms. The van der Waals surface area contributed by atoms with E-state index < -0.39 is 4.92 Å². The Morgan fingerprint density at radius 3 is 2.50 bits per heavy atom. The molecule has 0 atom stereocenters. The van der Waals surface area contributed by atoms with Crippen molar-refractivity contribution in [3.05, 3.63) is 22.2 Å². The molecule has 1 aliphatic rings. The summed E-state index contributed by atoms with van der Waals surface area (Å²) in [6.45, 7) is 4.20. The molecule has 98 valence electrons. The molecular weight excluding hydrogens is 232 g/mol. The zero-order valence-electron chi connectivity index (χ0n) is 10.9. The first-order chi connectivity index (χ1) is 8.42. The highest BCUT2D eigenvalue weighted by Crippen LogP contribution is 2.41. The summed E-state index contributed by atoms with van der Waals surface area (Å²) in [5.74, 6) is 1.67. The summed E-state index contributed by atoms with van der Waals surface area (Å²) in [6.07, 6.45) is 2.40. The van der Waals surface area contributed by atoms with Crippen molar-refractivity contribution < 1.29 is 4.92 Å². The van der Waals surface area contributed by atoms with Crippen LogP contribution in [0, 0.1) is 16.0 Å². The van der Waals surface area contributed by atoms with Crippen LogP contribution in [-0.2, 0) is 0 Å². The summed E-state index contributed by atoms with van der Waals surface area (Å²) in [5, 5.41) is 17.0. The number of aromatic nitrogens is 1. The molecule has 0 spiro atoms. The Balaban J connectivity index is 2.26. The molecule has 0 saturated heterocycles. The molecule has 0 unspecified atom stereocenters. The fraction of sp³-hybridized carbons (Fsp3) is 0.583. The first-order valence-electron chi connectivity index (χ1n) is 6.05. The van der Waals surface area contributed by atoms with Crippen molar-refractivity contribution in [2.24, 2.45) is 5.92 Å². The van der Waals surface area contributed by atoms with Crippen molar-refractivity contribution in [2.45, 2.75) is 32.2 Å². The average Bonchev–Trinajstić information content (AvgIpc) is 3.11. The Morgan fingerprint density at radius 2 is 2.00 bits per heavy atom. The van der Waals surface area contributed by atoms with Crippen molar-refractivity contribution >= 4 is 17.3 Å². The Hall–Kier alpha value is -1.85. The maximum absolute atomic E-state index is 10.9. The van der Waals surface area contributed by atoms with Crippen LogP contribution in [0.15, 0.2) is 12.1 Å². The second-order valence-electron chi connectivity index (χ2n) is 5.22. The predicted octanol–water partition coefficient (Wildman–Crippen LogP) is 2.63. The van der Waals surface area contributed by atoms with E-state index in [1.54, 1.807) is 7.05 Å². The molecule has 0 amide bonds. The van der Waals surface area contributed by atoms with E-state index >= 15 is 0 Å². The lowest BCUT2D eigenvalue weighted by atomic mass is 9.99. The van der Waals surface area contributed by atoms with Gasteiger partial charge in [0.25, 0.3) is 5.69 Å². The van der Waals surface area contributed by atoms with Gasteiger partial charge in [0.1, 0.15) is 11.6 Å². The zero-order valence-corrected chi connectivity index (χ0v) is 10.9. The van der Waals surface area contributed by atoms with E-state index in [2.05, 4.69) is 29.5 Å². The van der Waals surface area contributed by atoms with E-state index in [0.29, 0.717) is 17.6 Å². The van der Waals surface area contributed by atoms with E-state index in [1.165, 1.54) is 25.0 Å². The quantitative estimate of drug-likeness (QED) is 0.620. The maximum Gasteiger partial charge on any atom is 0.276 e. The average molecular weight is 250 g/mol. The van der Waals surface area contributed by atoms with Crippen molar-refractivity contribution in [2.75, 3.05) is 17.7 Å². The van der Waals surface area contributed by atoms with Crippen molar-refractivity contribution in [3.8, 4) is 0 Å². The minimum absolute atomic E-state index is 0.0449. The molecule has 0 aliphatic heterocycles. The second kappa shape index (κ2) is 4.44. The molecule has 1 aromatic rings. The maximum atomic E-state index is 10.9. The van der Waals surface area contributed by atoms with Crippen LogP contribution in [0.2, 0.25) is 0 Å². The molecule has 0 radical (unpaired) electrons. The lowest BCUT2D eigenvalue weighted by Gasteiger charge is -2.26. The minimum Gasteiger partial charge on any atom is -0.373 e. The van der Waals surface area contributed by atoms with Crippen LogP contribution in [0.25, 0.3) is 0 Å². The van der Waals surface area contributed by atoms with Crippen molar-refractivity contribution in [3.63, 3.8) is 0 Å². The SMILES string of the molecule is CNc1cc([N+](=O)[O-])cc(NC(C)(C)C2CC2)n1. The third-order valence-electron chi connectivity index (χ3n) is 3.33. The van der Waals surface area contributed by atoms with Gasteiger partial charge in [0.15, 0.2) is 0 Å². The van der Waals surface area contributed by atoms with Crippen LogP contribution in [0.5, 0.6) is 0 Å². The predicted molar refractivity (Wildman–Crippen MR) is 70.9 cm³/mol. The van der Waals surface area contributed by atoms with Crippen LogP contribution < -0.4 is 10.6 Å². The third-order valence-corrected chi connectivity index (χ3v) is 3.33. The van der Waals surface area contributed by atoms with Gasteiger partial charge in [0, 0.05) is 12.6 Å². The summed E-state index contributed by atoms with van der Waals surface area (Å²) >= 11 is 0. The van der Waals surface area contributed by atoms with Gasteiger partial charge in [0.2, 0.25) is 0 Å². The minimum atomic E-state index is -0.405. The van der Waals surface area contributed by atoms with Crippen LogP contribution in [-0.4, -0.2) is 22.5 Å².